The summed E-state index contributed by atoms with van der Waals surface area (Å²) >= 11 is 0. The number of cyclic esters (lactones) is 1. The van der Waals surface area contributed by atoms with Crippen LogP contribution in [-0.4, -0.2) is 139 Å². The van der Waals surface area contributed by atoms with Crippen LogP contribution in [0.4, 0.5) is 0 Å². The number of rotatable bonds is 9. The number of ether oxygens (including phenoxy) is 6. The summed E-state index contributed by atoms with van der Waals surface area (Å²) in [5, 5.41) is 33.3. The Balaban J connectivity index is 1.79. The average Bonchev–Trinajstić information content (AvgIpc) is 3.34. The predicted octanol–water partition coefficient (Wildman–Crippen LogP) is 7.18. The van der Waals surface area contributed by atoms with E-state index in [1.807, 2.05) is 26.0 Å². The number of methoxy groups -OCH3 is 3. The van der Waals surface area contributed by atoms with Gasteiger partial charge in [-0.2, -0.15) is 0 Å². The van der Waals surface area contributed by atoms with Crippen LogP contribution in [0.2, 0.25) is 0 Å². The third-order valence-corrected chi connectivity index (χ3v) is 14.6. The Kier molecular flexibility index (Phi) is 18.4. The zero-order chi connectivity index (χ0) is 57.1. The van der Waals surface area contributed by atoms with Crippen molar-refractivity contribution in [3.8, 4) is 0 Å². The number of aliphatic hydroxyl groups excluding tert-OH is 2. The van der Waals surface area contributed by atoms with Crippen molar-refractivity contribution in [2.45, 2.75) is 180 Å². The normalized spacial score (nSPS) is 41.5. The van der Waals surface area contributed by atoms with Gasteiger partial charge in [-0.3, -0.25) is 14.4 Å². The zero-order valence-electron chi connectivity index (χ0n) is 49.5. The molecule has 14 nitrogen and oxygen atoms in total. The quantitative estimate of drug-likeness (QED) is 0.120. The molecule has 3 fully saturated rings. The Bertz CT molecular complexity index is 2110. The van der Waals surface area contributed by atoms with Gasteiger partial charge in [0.1, 0.15) is 30.1 Å². The molecule has 0 spiro atoms. The van der Waals surface area contributed by atoms with E-state index in [1.54, 1.807) is 39.0 Å². The molecule has 0 aromatic rings. The van der Waals surface area contributed by atoms with Crippen LogP contribution in [0, 0.1) is 35.5 Å². The number of nitrogens with zero attached hydrogens (tertiary/aromatic N) is 1. The van der Waals surface area contributed by atoms with Gasteiger partial charge in [0.05, 0.1) is 44.4 Å². The fourth-order valence-corrected chi connectivity index (χ4v) is 10.2. The van der Waals surface area contributed by atoms with E-state index in [0.717, 1.165) is 4.90 Å². The maximum absolute atomic E-state index is 14.6. The number of esters is 1. The van der Waals surface area contributed by atoms with Crippen LogP contribution in [0.15, 0.2) is 59.8 Å². The van der Waals surface area contributed by atoms with Crippen molar-refractivity contribution in [2.24, 2.45) is 35.5 Å². The van der Waals surface area contributed by atoms with Crippen molar-refractivity contribution in [1.29, 1.82) is 0 Å². The molecule has 3 N–H and O–H groups in total. The molecular formula is C54H85NO13. The third-order valence-electron chi connectivity index (χ3n) is 14.6. The highest BCUT2D eigenvalue weighted by Crippen LogP contribution is 2.38. The second-order valence-electron chi connectivity index (χ2n) is 19.7. The van der Waals surface area contributed by atoms with Crippen LogP contribution < -0.4 is 0 Å². The Morgan fingerprint density at radius 1 is 0.956 bits per heavy atom. The Hall–Kier alpha value is -3.34. The first kappa shape index (κ1) is 45.8. The van der Waals surface area contributed by atoms with Crippen molar-refractivity contribution in [2.75, 3.05) is 41.0 Å². The minimum Gasteiger partial charge on any atom is -0.460 e. The van der Waals surface area contributed by atoms with Crippen LogP contribution in [0.1, 0.15) is 136 Å². The number of carbonyl (C=O) groups excluding carboxylic acids is 4. The van der Waals surface area contributed by atoms with E-state index < -0.39 is 129 Å². The van der Waals surface area contributed by atoms with Crippen LogP contribution in [-0.2, 0) is 47.6 Å². The van der Waals surface area contributed by atoms with Gasteiger partial charge in [0.25, 0.3) is 11.7 Å². The third kappa shape index (κ3) is 15.3. The second-order valence-corrected chi connectivity index (χ2v) is 19.7. The molecule has 0 aromatic heterocycles. The van der Waals surface area contributed by atoms with Gasteiger partial charge in [-0.25, -0.2) is 4.79 Å². The second kappa shape index (κ2) is 27.3. The van der Waals surface area contributed by atoms with Crippen molar-refractivity contribution >= 4 is 23.4 Å². The van der Waals surface area contributed by atoms with Crippen LogP contribution in [0.5, 0.6) is 0 Å². The minimum atomic E-state index is -2.93. The number of hydrogen-bond donors (Lipinski definition) is 3. The molecule has 3 aliphatic heterocycles. The summed E-state index contributed by atoms with van der Waals surface area (Å²) in [6.45, 7) is 8.49. The highest BCUT2D eigenvalue weighted by atomic mass is 16.6. The lowest BCUT2D eigenvalue weighted by atomic mass is 9.78. The van der Waals surface area contributed by atoms with Crippen molar-refractivity contribution in [3.05, 3.63) is 59.8 Å². The van der Waals surface area contributed by atoms with E-state index in [2.05, 4.69) is 6.58 Å². The minimum absolute atomic E-state index is 0.00702. The number of aliphatic hydroxyl groups is 3. The summed E-state index contributed by atoms with van der Waals surface area (Å²) in [5.74, 6) is -10.6. The molecule has 1 amide bonds. The molecular weight excluding hydrogens is 871 g/mol. The summed E-state index contributed by atoms with van der Waals surface area (Å²) in [6.07, 6.45) is 6.06. The molecule has 15 atom stereocenters. The van der Waals surface area contributed by atoms with Crippen molar-refractivity contribution < 1.29 is 73.9 Å². The molecule has 14 heteroatoms. The fourth-order valence-electron chi connectivity index (χ4n) is 10.2. The van der Waals surface area contributed by atoms with Crippen LogP contribution >= 0.6 is 0 Å². The topological polar surface area (TPSA) is 188 Å². The van der Waals surface area contributed by atoms with Gasteiger partial charge in [-0.05, 0) is 118 Å². The molecule has 1 aliphatic carbocycles. The van der Waals surface area contributed by atoms with Gasteiger partial charge in [-0.15, -0.1) is 0 Å². The number of ketones is 2. The van der Waals surface area contributed by atoms with E-state index in [-0.39, 0.29) is 49.1 Å². The SMILES string of the molecule is [2H]C([2H])([2H])O[C@H]1C[C@@H]2CC[C@@H](C)[C@@](O)(O2)C(=O)C(=O)N2CCCC[C@H]2C(=O)O[C@H]([C@H](C)C[C@@H]2CC[C@@H](OC([2H])([2H])CO)[C@H](OC)C2)CC(=O)[C@H](C([2H])([2H])[2H])/C=C(\C)[C@@H](O)[C@@H](OC)C(=C)[C@H](C)C[C@H](C)/C=C/C=C/C=C/1C. The van der Waals surface area contributed by atoms with Gasteiger partial charge in [0.15, 0.2) is 0 Å². The summed E-state index contributed by atoms with van der Waals surface area (Å²) in [7, 11) is 0.0343. The van der Waals surface area contributed by atoms with E-state index in [1.165, 1.54) is 27.2 Å². The average molecular weight is 964 g/mol. The molecule has 2 bridgehead atoms. The number of allylic oxidation sites excluding steroid dienone is 6. The van der Waals surface area contributed by atoms with Gasteiger partial charge in [0, 0.05) is 56.6 Å². The summed E-state index contributed by atoms with van der Waals surface area (Å²) in [5.41, 5.74) is 1.18. The summed E-state index contributed by atoms with van der Waals surface area (Å²) in [6, 6.07) is -1.36. The lowest BCUT2D eigenvalue weighted by Crippen LogP contribution is -2.61. The van der Waals surface area contributed by atoms with Crippen molar-refractivity contribution in [3.63, 3.8) is 0 Å². The number of piperidine rings is 1. The highest BCUT2D eigenvalue weighted by Gasteiger charge is 2.53. The number of fused-ring (bicyclic) bond motifs is 3. The van der Waals surface area contributed by atoms with Crippen LogP contribution in [0.25, 0.3) is 0 Å². The molecule has 2 saturated heterocycles. The maximum Gasteiger partial charge on any atom is 0.329 e. The standard InChI is InChI=1S/C54H85NO13/c1-33-17-13-12-14-18-34(2)46(63-9)31-42-22-20-39(7)54(62,68-42)51(59)52(60)55-24-16-15-19-43(55)53(61)67-47(37(5)29-41-21-23-45(66-26-25-56)48(30-41)64-10)32-44(57)36(4)28-38(6)49(58)50(65-11)40(8)35(3)27-33/h12-14,17-18,28,33,35-37,39,41-43,45-50,56,58,62H,8,15-16,19-27,29-32H2,1-7,9-11H3/b14-12+,17-13+,34-18+,38-28+/t33-,35-,36-,37-,39-,41+,42+,43+,45-,46+,47+,48-,49-,50+,54-/m1/s1/i4D3,9D3,26D2. The highest BCUT2D eigenvalue weighted by molar-refractivity contribution is 6.39. The zero-order valence-corrected chi connectivity index (χ0v) is 41.5. The molecule has 0 radical (unpaired) electrons. The number of hydrogen-bond acceptors (Lipinski definition) is 13. The number of Topliss-reactive ketones (excluding diaryl/α,β-unsaturated/α-hetero) is 2. The Labute approximate surface area is 417 Å². The summed E-state index contributed by atoms with van der Waals surface area (Å²) < 4.78 is 100. The molecule has 68 heavy (non-hydrogen) atoms. The molecule has 384 valence electrons. The summed E-state index contributed by atoms with van der Waals surface area (Å²) in [4.78, 5) is 59.1. The van der Waals surface area contributed by atoms with Crippen molar-refractivity contribution in [1.82, 2.24) is 4.90 Å². The Morgan fingerprint density at radius 2 is 1.72 bits per heavy atom. The first-order valence-electron chi connectivity index (χ1n) is 28.4. The molecule has 0 unspecified atom stereocenters. The Morgan fingerprint density at radius 3 is 2.41 bits per heavy atom. The largest absolute Gasteiger partial charge is 0.460 e. The number of carbonyl (C=O) groups is 4. The van der Waals surface area contributed by atoms with Gasteiger partial charge in [-0.1, -0.05) is 77.6 Å². The van der Waals surface area contributed by atoms with E-state index in [4.69, 9.17) is 39.4 Å². The molecule has 4 rings (SSSR count). The van der Waals surface area contributed by atoms with Gasteiger partial charge >= 0.3 is 5.97 Å². The smallest absolute Gasteiger partial charge is 0.329 e. The van der Waals surface area contributed by atoms with Gasteiger partial charge < -0.3 is 48.6 Å². The van der Waals surface area contributed by atoms with E-state index in [9.17, 15) is 34.5 Å². The lowest BCUT2D eigenvalue weighted by molar-refractivity contribution is -0.265. The van der Waals surface area contributed by atoms with Gasteiger partial charge in [0.2, 0.25) is 5.79 Å². The fraction of sp³-hybridized carbons (Fsp3) is 0.741. The predicted molar refractivity (Wildman–Crippen MR) is 260 cm³/mol. The van der Waals surface area contributed by atoms with E-state index >= 15 is 0 Å². The first-order chi connectivity index (χ1) is 35.4. The molecule has 0 aromatic carbocycles. The molecule has 1 saturated carbocycles. The first-order valence-corrected chi connectivity index (χ1v) is 24.4. The lowest BCUT2D eigenvalue weighted by Gasteiger charge is -2.42. The molecule has 4 aliphatic rings. The maximum atomic E-state index is 14.6. The number of amides is 1. The van der Waals surface area contributed by atoms with Crippen LogP contribution in [0.3, 0.4) is 0 Å². The monoisotopic (exact) mass is 964 g/mol. The van der Waals surface area contributed by atoms with E-state index in [0.29, 0.717) is 62.5 Å². The molecule has 3 heterocycles.